The molecule has 0 saturated heterocycles. The molecule has 16 heavy (non-hydrogen) atoms. The van der Waals surface area contributed by atoms with Crippen molar-refractivity contribution in [3.63, 3.8) is 0 Å². The summed E-state index contributed by atoms with van der Waals surface area (Å²) in [7, 11) is 0. The van der Waals surface area contributed by atoms with E-state index in [2.05, 4.69) is 13.2 Å². The highest BCUT2D eigenvalue weighted by molar-refractivity contribution is 5.87. The summed E-state index contributed by atoms with van der Waals surface area (Å²) in [4.78, 5) is 11.5. The van der Waals surface area contributed by atoms with Gasteiger partial charge in [0.25, 0.3) is 0 Å². The third-order valence-electron chi connectivity index (χ3n) is 2.39. The first-order chi connectivity index (χ1) is 7.49. The molecule has 0 heterocycles. The molecule has 1 atom stereocenters. The molecule has 0 fully saturated rings. The number of carbonyl (C=O) groups excluding carboxylic acids is 1. The third kappa shape index (κ3) is 2.60. The van der Waals surface area contributed by atoms with Crippen LogP contribution < -0.4 is 0 Å². The van der Waals surface area contributed by atoms with Crippen molar-refractivity contribution in [1.82, 2.24) is 0 Å². The third-order valence-corrected chi connectivity index (χ3v) is 2.39. The summed E-state index contributed by atoms with van der Waals surface area (Å²) in [6.45, 7) is 10.7. The molecule has 0 amide bonds. The Bertz CT molecular complexity index is 406. The molecule has 1 aromatic rings. The van der Waals surface area contributed by atoms with Crippen LogP contribution in [-0.4, -0.2) is 5.97 Å². The van der Waals surface area contributed by atoms with Crippen LogP contribution in [0.15, 0.2) is 55.1 Å². The van der Waals surface area contributed by atoms with Gasteiger partial charge in [0.05, 0.1) is 0 Å². The van der Waals surface area contributed by atoms with Crippen LogP contribution in [0.25, 0.3) is 0 Å². The Labute approximate surface area is 96.2 Å². The maximum Gasteiger partial charge on any atom is 0.334 e. The zero-order valence-corrected chi connectivity index (χ0v) is 9.69. The fraction of sp³-hybridized carbons (Fsp3) is 0.214. The van der Waals surface area contributed by atoms with Crippen LogP contribution in [0.3, 0.4) is 0 Å². The van der Waals surface area contributed by atoms with E-state index in [1.807, 2.05) is 30.3 Å². The van der Waals surface area contributed by atoms with Crippen molar-refractivity contribution in [1.29, 1.82) is 0 Å². The average Bonchev–Trinajstić information content (AvgIpc) is 2.29. The SMILES string of the molecule is C=CC(C)(OC(=O)C(=C)C)c1ccccc1. The van der Waals surface area contributed by atoms with Gasteiger partial charge < -0.3 is 4.74 Å². The monoisotopic (exact) mass is 216 g/mol. The Morgan fingerprint density at radius 2 is 1.94 bits per heavy atom. The number of esters is 1. The van der Waals surface area contributed by atoms with Crippen molar-refractivity contribution in [2.45, 2.75) is 19.4 Å². The van der Waals surface area contributed by atoms with Gasteiger partial charge in [0.15, 0.2) is 5.60 Å². The predicted octanol–water partition coefficient (Wildman–Crippen LogP) is 3.21. The summed E-state index contributed by atoms with van der Waals surface area (Å²) in [6, 6.07) is 9.49. The molecule has 0 spiro atoms. The van der Waals surface area contributed by atoms with Gasteiger partial charge in [-0.15, -0.1) is 0 Å². The largest absolute Gasteiger partial charge is 0.447 e. The van der Waals surface area contributed by atoms with Gasteiger partial charge >= 0.3 is 5.97 Å². The summed E-state index contributed by atoms with van der Waals surface area (Å²) in [5, 5.41) is 0. The number of benzene rings is 1. The first-order valence-corrected chi connectivity index (χ1v) is 5.07. The molecule has 1 aromatic carbocycles. The van der Waals surface area contributed by atoms with Crippen LogP contribution in [-0.2, 0) is 15.1 Å². The summed E-state index contributed by atoms with van der Waals surface area (Å²) in [5.74, 6) is -0.411. The molecule has 0 aliphatic rings. The lowest BCUT2D eigenvalue weighted by atomic mass is 9.96. The molecule has 0 saturated carbocycles. The number of carbonyl (C=O) groups is 1. The van der Waals surface area contributed by atoms with Gasteiger partial charge in [0.1, 0.15) is 0 Å². The highest BCUT2D eigenvalue weighted by Crippen LogP contribution is 2.27. The molecular formula is C14H16O2. The number of rotatable bonds is 4. The molecule has 0 bridgehead atoms. The zero-order chi connectivity index (χ0) is 12.2. The van der Waals surface area contributed by atoms with Crippen LogP contribution in [0, 0.1) is 0 Å². The van der Waals surface area contributed by atoms with Gasteiger partial charge in [0.2, 0.25) is 0 Å². The Morgan fingerprint density at radius 3 is 2.38 bits per heavy atom. The Hall–Kier alpha value is -1.83. The molecule has 0 radical (unpaired) electrons. The van der Waals surface area contributed by atoms with Crippen LogP contribution in [0.5, 0.6) is 0 Å². The van der Waals surface area contributed by atoms with E-state index in [0.29, 0.717) is 5.57 Å². The van der Waals surface area contributed by atoms with E-state index in [1.54, 1.807) is 19.9 Å². The topological polar surface area (TPSA) is 26.3 Å². The minimum atomic E-state index is -0.808. The van der Waals surface area contributed by atoms with E-state index in [0.717, 1.165) is 5.56 Å². The highest BCUT2D eigenvalue weighted by atomic mass is 16.6. The van der Waals surface area contributed by atoms with Gasteiger partial charge in [-0.25, -0.2) is 4.79 Å². The van der Waals surface area contributed by atoms with Crippen LogP contribution in [0.2, 0.25) is 0 Å². The lowest BCUT2D eigenvalue weighted by Crippen LogP contribution is -2.26. The Balaban J connectivity index is 2.99. The summed E-state index contributed by atoms with van der Waals surface area (Å²) in [6.07, 6.45) is 1.61. The summed E-state index contributed by atoms with van der Waals surface area (Å²) in [5.41, 5.74) is 0.459. The first kappa shape index (κ1) is 12.2. The molecular weight excluding hydrogens is 200 g/mol. The minimum absolute atomic E-state index is 0.379. The van der Waals surface area contributed by atoms with E-state index < -0.39 is 11.6 Å². The van der Waals surface area contributed by atoms with Crippen molar-refractivity contribution in [3.8, 4) is 0 Å². The molecule has 0 aromatic heterocycles. The van der Waals surface area contributed by atoms with Gasteiger partial charge in [-0.05, 0) is 25.5 Å². The molecule has 1 unspecified atom stereocenters. The zero-order valence-electron chi connectivity index (χ0n) is 9.69. The Morgan fingerprint density at radius 1 is 1.38 bits per heavy atom. The second kappa shape index (κ2) is 4.79. The molecule has 1 rings (SSSR count). The Kier molecular flexibility index (Phi) is 3.67. The molecule has 84 valence electrons. The van der Waals surface area contributed by atoms with E-state index in [-0.39, 0.29) is 0 Å². The number of ether oxygens (including phenoxy) is 1. The first-order valence-electron chi connectivity index (χ1n) is 5.07. The fourth-order valence-electron chi connectivity index (χ4n) is 1.27. The smallest absolute Gasteiger partial charge is 0.334 e. The van der Waals surface area contributed by atoms with Gasteiger partial charge in [0, 0.05) is 5.57 Å². The van der Waals surface area contributed by atoms with E-state index in [4.69, 9.17) is 4.74 Å². The van der Waals surface area contributed by atoms with Crippen LogP contribution in [0.4, 0.5) is 0 Å². The lowest BCUT2D eigenvalue weighted by molar-refractivity contribution is -0.149. The average molecular weight is 216 g/mol. The molecule has 0 aliphatic carbocycles. The van der Waals surface area contributed by atoms with E-state index in [1.165, 1.54) is 0 Å². The molecule has 2 heteroatoms. The lowest BCUT2D eigenvalue weighted by Gasteiger charge is -2.26. The standard InChI is InChI=1S/C14H16O2/c1-5-14(4,16-13(15)11(2)3)12-9-7-6-8-10-12/h5-10H,1-2H2,3-4H3. The van der Waals surface area contributed by atoms with Crippen molar-refractivity contribution >= 4 is 5.97 Å². The predicted molar refractivity (Wildman–Crippen MR) is 64.9 cm³/mol. The number of hydrogen-bond acceptors (Lipinski definition) is 2. The second-order valence-corrected chi connectivity index (χ2v) is 3.85. The fourth-order valence-corrected chi connectivity index (χ4v) is 1.27. The van der Waals surface area contributed by atoms with Gasteiger partial charge in [-0.3, -0.25) is 0 Å². The molecule has 0 N–H and O–H groups in total. The molecule has 0 aliphatic heterocycles. The highest BCUT2D eigenvalue weighted by Gasteiger charge is 2.27. The van der Waals surface area contributed by atoms with Crippen molar-refractivity contribution < 1.29 is 9.53 Å². The second-order valence-electron chi connectivity index (χ2n) is 3.85. The summed E-state index contributed by atoms with van der Waals surface area (Å²) >= 11 is 0. The van der Waals surface area contributed by atoms with Crippen molar-refractivity contribution in [2.75, 3.05) is 0 Å². The maximum atomic E-state index is 11.5. The maximum absolute atomic E-state index is 11.5. The number of hydrogen-bond donors (Lipinski definition) is 0. The molecule has 2 nitrogen and oxygen atoms in total. The van der Waals surface area contributed by atoms with Gasteiger partial charge in [-0.2, -0.15) is 0 Å². The normalized spacial score (nSPS) is 13.6. The van der Waals surface area contributed by atoms with Crippen molar-refractivity contribution in [2.24, 2.45) is 0 Å². The minimum Gasteiger partial charge on any atom is -0.447 e. The quantitative estimate of drug-likeness (QED) is 0.439. The van der Waals surface area contributed by atoms with E-state index >= 15 is 0 Å². The van der Waals surface area contributed by atoms with Crippen LogP contribution in [0.1, 0.15) is 19.4 Å². The van der Waals surface area contributed by atoms with Crippen molar-refractivity contribution in [3.05, 3.63) is 60.7 Å². The van der Waals surface area contributed by atoms with Crippen LogP contribution >= 0.6 is 0 Å². The van der Waals surface area contributed by atoms with Gasteiger partial charge in [-0.1, -0.05) is 43.5 Å². The van der Waals surface area contributed by atoms with E-state index in [9.17, 15) is 4.79 Å². The summed E-state index contributed by atoms with van der Waals surface area (Å²) < 4.78 is 5.38.